The summed E-state index contributed by atoms with van der Waals surface area (Å²) in [5.74, 6) is 2.00. The van der Waals surface area contributed by atoms with Crippen LogP contribution in [0.3, 0.4) is 0 Å². The van der Waals surface area contributed by atoms with Gasteiger partial charge in [-0.1, -0.05) is 97.0 Å². The van der Waals surface area contributed by atoms with Crippen molar-refractivity contribution in [2.24, 2.45) is 7.05 Å². The van der Waals surface area contributed by atoms with Gasteiger partial charge in [0.05, 0.1) is 18.9 Å². The highest BCUT2D eigenvalue weighted by Gasteiger charge is 2.53. The van der Waals surface area contributed by atoms with Crippen LogP contribution >= 0.6 is 0 Å². The lowest BCUT2D eigenvalue weighted by Crippen LogP contribution is -2.58. The van der Waals surface area contributed by atoms with Gasteiger partial charge in [0.2, 0.25) is 0 Å². The molecule has 0 bridgehead atoms. The standard InChI is InChI=1S/C35H43BN3/c1-24(2)29-18-14-19-30(25(3)4)33(29)36-38(28-16-11-10-12-17-28)31-20-13-15-26(5)34(31)39(36)32-23-27(35(6,7)8)21-22-37(32)9/h10-25H,1-9H3/q+1. The van der Waals surface area contributed by atoms with E-state index < -0.39 is 0 Å². The summed E-state index contributed by atoms with van der Waals surface area (Å²) in [6.07, 6.45) is 2.23. The van der Waals surface area contributed by atoms with E-state index in [1.54, 1.807) is 0 Å². The summed E-state index contributed by atoms with van der Waals surface area (Å²) in [5, 5.41) is 0. The Morgan fingerprint density at radius 1 is 0.744 bits per heavy atom. The Hall–Kier alpha value is -3.53. The van der Waals surface area contributed by atoms with Crippen LogP contribution in [0, 0.1) is 6.92 Å². The number of anilines is 4. The fourth-order valence-corrected chi connectivity index (χ4v) is 6.06. The summed E-state index contributed by atoms with van der Waals surface area (Å²) < 4.78 is 2.29. The molecule has 0 saturated heterocycles. The molecule has 200 valence electrons. The zero-order chi connectivity index (χ0) is 28.1. The summed E-state index contributed by atoms with van der Waals surface area (Å²) in [7, 11) is 2.18. The minimum Gasteiger partial charge on any atom is -0.336 e. The molecule has 4 aromatic rings. The van der Waals surface area contributed by atoms with Crippen molar-refractivity contribution in [1.29, 1.82) is 0 Å². The number of aromatic nitrogens is 1. The van der Waals surface area contributed by atoms with Gasteiger partial charge in [0, 0.05) is 17.2 Å². The van der Waals surface area contributed by atoms with Crippen LogP contribution in [0.1, 0.15) is 82.6 Å². The maximum absolute atomic E-state index is 2.61. The number of fused-ring (bicyclic) bond motifs is 1. The summed E-state index contributed by atoms with van der Waals surface area (Å²) in [4.78, 5) is 5.18. The van der Waals surface area contributed by atoms with Crippen LogP contribution in [0.25, 0.3) is 0 Å². The topological polar surface area (TPSA) is 10.4 Å². The zero-order valence-electron chi connectivity index (χ0n) is 25.2. The van der Waals surface area contributed by atoms with Gasteiger partial charge in [-0.15, -0.1) is 0 Å². The van der Waals surface area contributed by atoms with Crippen LogP contribution in [-0.4, -0.2) is 6.98 Å². The van der Waals surface area contributed by atoms with Gasteiger partial charge in [0.1, 0.15) is 5.69 Å². The monoisotopic (exact) mass is 516 g/mol. The second-order valence-corrected chi connectivity index (χ2v) is 12.7. The van der Waals surface area contributed by atoms with Gasteiger partial charge in [0.15, 0.2) is 0 Å². The van der Waals surface area contributed by atoms with Crippen molar-refractivity contribution in [3.05, 3.63) is 107 Å². The Labute approximate surface area is 236 Å². The summed E-state index contributed by atoms with van der Waals surface area (Å²) in [6.45, 7) is 18.4. The lowest BCUT2D eigenvalue weighted by Gasteiger charge is -2.30. The Bertz CT molecular complexity index is 1460. The Balaban J connectivity index is 1.92. The first-order valence-corrected chi connectivity index (χ1v) is 14.4. The number of para-hydroxylation sites is 2. The Kier molecular flexibility index (Phi) is 7.09. The number of benzene rings is 3. The molecule has 0 radical (unpaired) electrons. The van der Waals surface area contributed by atoms with E-state index in [0.717, 1.165) is 0 Å². The molecule has 0 aliphatic carbocycles. The normalized spacial score (nSPS) is 13.6. The van der Waals surface area contributed by atoms with Crippen molar-refractivity contribution in [2.75, 3.05) is 9.62 Å². The molecule has 0 unspecified atom stereocenters. The fourth-order valence-electron chi connectivity index (χ4n) is 6.06. The van der Waals surface area contributed by atoms with Crippen molar-refractivity contribution in [3.8, 4) is 0 Å². The van der Waals surface area contributed by atoms with Crippen molar-refractivity contribution in [2.45, 2.75) is 72.6 Å². The van der Waals surface area contributed by atoms with Crippen LogP contribution in [0.15, 0.2) is 85.1 Å². The molecular formula is C35H43BN3+. The van der Waals surface area contributed by atoms with Crippen LogP contribution in [0.5, 0.6) is 0 Å². The molecule has 0 atom stereocenters. The quantitative estimate of drug-likeness (QED) is 0.196. The molecule has 3 aromatic carbocycles. The van der Waals surface area contributed by atoms with Crippen LogP contribution in [0.2, 0.25) is 0 Å². The summed E-state index contributed by atoms with van der Waals surface area (Å²) in [6, 6.07) is 29.3. The summed E-state index contributed by atoms with van der Waals surface area (Å²) in [5.41, 5.74) is 10.7. The van der Waals surface area contributed by atoms with E-state index in [4.69, 9.17) is 0 Å². The molecule has 1 aliphatic rings. The van der Waals surface area contributed by atoms with Gasteiger partial charge in [-0.3, -0.25) is 4.81 Å². The largest absolute Gasteiger partial charge is 0.543 e. The highest BCUT2D eigenvalue weighted by atomic mass is 15.3. The smallest absolute Gasteiger partial charge is 0.336 e. The highest BCUT2D eigenvalue weighted by molar-refractivity contribution is 6.85. The number of pyridine rings is 1. The maximum atomic E-state index is 2.61. The van der Waals surface area contributed by atoms with Gasteiger partial charge < -0.3 is 4.81 Å². The average Bonchev–Trinajstić information content (AvgIpc) is 3.24. The molecule has 0 amide bonds. The molecule has 0 N–H and O–H groups in total. The van der Waals surface area contributed by atoms with Gasteiger partial charge >= 0.3 is 6.98 Å². The summed E-state index contributed by atoms with van der Waals surface area (Å²) >= 11 is 0. The first kappa shape index (κ1) is 27.1. The fraction of sp³-hybridized carbons (Fsp3) is 0.343. The van der Waals surface area contributed by atoms with Crippen molar-refractivity contribution >= 4 is 35.3 Å². The van der Waals surface area contributed by atoms with E-state index in [1.807, 2.05) is 0 Å². The van der Waals surface area contributed by atoms with Crippen molar-refractivity contribution in [1.82, 2.24) is 0 Å². The first-order valence-electron chi connectivity index (χ1n) is 14.4. The predicted molar refractivity (Wildman–Crippen MR) is 168 cm³/mol. The SMILES string of the molecule is Cc1cccc2c1N(c1cc(C(C)(C)C)cc[n+]1C)B(c1c(C(C)C)cccc1C(C)C)N2c1ccccc1. The maximum Gasteiger partial charge on any atom is 0.543 e. The molecule has 1 aromatic heterocycles. The minimum absolute atomic E-state index is 0.0269. The third-order valence-electron chi connectivity index (χ3n) is 8.15. The van der Waals surface area contributed by atoms with E-state index >= 15 is 0 Å². The molecule has 0 spiro atoms. The molecule has 0 fully saturated rings. The van der Waals surface area contributed by atoms with Gasteiger partial charge in [-0.05, 0) is 70.7 Å². The average molecular weight is 517 g/mol. The number of rotatable bonds is 5. The third kappa shape index (κ3) is 4.75. The van der Waals surface area contributed by atoms with E-state index in [2.05, 4.69) is 162 Å². The number of nitrogens with zero attached hydrogens (tertiary/aromatic N) is 3. The number of hydrogen-bond donors (Lipinski definition) is 0. The second kappa shape index (κ2) is 10.2. The Morgan fingerprint density at radius 3 is 1.95 bits per heavy atom. The molecule has 5 rings (SSSR count). The van der Waals surface area contributed by atoms with E-state index in [0.29, 0.717) is 11.8 Å². The first-order chi connectivity index (χ1) is 18.5. The molecular weight excluding hydrogens is 473 g/mol. The van der Waals surface area contributed by atoms with Gasteiger partial charge in [0.25, 0.3) is 5.82 Å². The van der Waals surface area contributed by atoms with Gasteiger partial charge in [-0.25, -0.2) is 4.57 Å². The number of hydrogen-bond acceptors (Lipinski definition) is 2. The van der Waals surface area contributed by atoms with Crippen LogP contribution in [-0.2, 0) is 12.5 Å². The highest BCUT2D eigenvalue weighted by Crippen LogP contribution is 2.48. The van der Waals surface area contributed by atoms with Crippen molar-refractivity contribution in [3.63, 3.8) is 0 Å². The molecule has 1 aliphatic heterocycles. The molecule has 0 saturated carbocycles. The predicted octanol–water partition coefficient (Wildman–Crippen LogP) is 8.05. The second-order valence-electron chi connectivity index (χ2n) is 12.7. The molecule has 39 heavy (non-hydrogen) atoms. The van der Waals surface area contributed by atoms with E-state index in [-0.39, 0.29) is 12.4 Å². The van der Waals surface area contributed by atoms with Crippen LogP contribution < -0.4 is 19.7 Å². The molecule has 4 heteroatoms. The van der Waals surface area contributed by atoms with Crippen molar-refractivity contribution < 1.29 is 4.57 Å². The van der Waals surface area contributed by atoms with Crippen LogP contribution in [0.4, 0.5) is 22.9 Å². The Morgan fingerprint density at radius 2 is 1.36 bits per heavy atom. The molecule has 3 nitrogen and oxygen atoms in total. The lowest BCUT2D eigenvalue weighted by atomic mass is 9.58. The number of aryl methyl sites for hydroxylation is 2. The lowest BCUT2D eigenvalue weighted by molar-refractivity contribution is -0.658. The van der Waals surface area contributed by atoms with Gasteiger partial charge in [-0.2, -0.15) is 0 Å². The molecule has 2 heterocycles. The van der Waals surface area contributed by atoms with E-state index in [1.165, 1.54) is 50.6 Å². The van der Waals surface area contributed by atoms with E-state index in [9.17, 15) is 0 Å². The zero-order valence-corrected chi connectivity index (χ0v) is 25.2. The minimum atomic E-state index is -0.0269. The third-order valence-corrected chi connectivity index (χ3v) is 8.15.